The lowest BCUT2D eigenvalue weighted by molar-refractivity contribution is 0.0753. The number of piperidine rings is 1. The molecule has 0 bridgehead atoms. The molecule has 8 heteroatoms. The number of amidine groups is 1. The Hall–Kier alpha value is -2.68. The molecule has 0 radical (unpaired) electrons. The third kappa shape index (κ3) is 6.65. The molecule has 1 aromatic carbocycles. The minimum atomic E-state index is -0.104. The molecule has 0 atom stereocenters. The number of hydrogen-bond donors (Lipinski definition) is 2. The third-order valence-electron chi connectivity index (χ3n) is 5.14. The van der Waals surface area contributed by atoms with E-state index in [1.54, 1.807) is 24.3 Å². The predicted octanol–water partition coefficient (Wildman–Crippen LogP) is 3.91. The van der Waals surface area contributed by atoms with Crippen molar-refractivity contribution >= 4 is 28.8 Å². The van der Waals surface area contributed by atoms with Gasteiger partial charge in [-0.15, -0.1) is 11.3 Å². The Kier molecular flexibility index (Phi) is 8.63. The van der Waals surface area contributed by atoms with Crippen LogP contribution >= 0.6 is 11.3 Å². The summed E-state index contributed by atoms with van der Waals surface area (Å²) in [6.07, 6.45) is 5.05. The second-order valence-corrected chi connectivity index (χ2v) is 8.37. The van der Waals surface area contributed by atoms with Gasteiger partial charge in [-0.05, 0) is 62.6 Å². The van der Waals surface area contributed by atoms with E-state index in [9.17, 15) is 4.79 Å². The maximum Gasteiger partial charge on any atom is 0.269 e. The summed E-state index contributed by atoms with van der Waals surface area (Å²) in [5.41, 5.74) is 0.842. The van der Waals surface area contributed by atoms with E-state index in [1.165, 1.54) is 11.3 Å². The maximum atomic E-state index is 13.1. The van der Waals surface area contributed by atoms with Crippen LogP contribution in [0, 0.1) is 5.41 Å². The Bertz CT molecular complexity index is 877. The molecular formula is C23H30N4O3S. The molecule has 1 saturated heterocycles. The summed E-state index contributed by atoms with van der Waals surface area (Å²) in [7, 11) is 3.73. The van der Waals surface area contributed by atoms with Gasteiger partial charge in [0.15, 0.2) is 0 Å². The highest BCUT2D eigenvalue weighted by molar-refractivity contribution is 7.12. The normalized spacial score (nSPS) is 15.2. The molecule has 1 aliphatic rings. The molecule has 2 heterocycles. The fourth-order valence-corrected chi connectivity index (χ4v) is 4.12. The fourth-order valence-electron chi connectivity index (χ4n) is 3.46. The van der Waals surface area contributed by atoms with Gasteiger partial charge in [-0.25, -0.2) is 0 Å². The van der Waals surface area contributed by atoms with E-state index >= 15 is 0 Å². The Balaban J connectivity index is 1.66. The van der Waals surface area contributed by atoms with Crippen LogP contribution in [0.3, 0.4) is 0 Å². The quantitative estimate of drug-likeness (QED) is 0.350. The average molecular weight is 443 g/mol. The van der Waals surface area contributed by atoms with Gasteiger partial charge in [0, 0.05) is 31.1 Å². The maximum absolute atomic E-state index is 13.1. The summed E-state index contributed by atoms with van der Waals surface area (Å²) in [6, 6.07) is 11.3. The molecule has 1 amide bonds. The van der Waals surface area contributed by atoms with Crippen LogP contribution in [0.1, 0.15) is 22.5 Å². The monoisotopic (exact) mass is 442 g/mol. The van der Waals surface area contributed by atoms with Crippen molar-refractivity contribution in [3.05, 3.63) is 58.9 Å². The molecule has 0 aliphatic carbocycles. The Morgan fingerprint density at radius 3 is 2.81 bits per heavy atom. The van der Waals surface area contributed by atoms with E-state index < -0.39 is 0 Å². The summed E-state index contributed by atoms with van der Waals surface area (Å²) in [6.45, 7) is 2.85. The van der Waals surface area contributed by atoms with Gasteiger partial charge in [0.2, 0.25) is 0 Å². The summed E-state index contributed by atoms with van der Waals surface area (Å²) in [5.74, 6) is 0.826. The van der Waals surface area contributed by atoms with Crippen LogP contribution in [0.4, 0.5) is 5.69 Å². The molecule has 0 spiro atoms. The van der Waals surface area contributed by atoms with Crippen LogP contribution in [0.2, 0.25) is 0 Å². The minimum absolute atomic E-state index is 0.0282. The van der Waals surface area contributed by atoms with Crippen LogP contribution in [-0.2, 0) is 4.74 Å². The van der Waals surface area contributed by atoms with E-state index in [-0.39, 0.29) is 17.8 Å². The molecular weight excluding hydrogens is 412 g/mol. The van der Waals surface area contributed by atoms with Gasteiger partial charge in [0.1, 0.15) is 18.2 Å². The molecule has 7 nitrogen and oxygen atoms in total. The van der Waals surface area contributed by atoms with Gasteiger partial charge in [-0.2, -0.15) is 0 Å². The molecule has 0 saturated carbocycles. The van der Waals surface area contributed by atoms with Gasteiger partial charge < -0.3 is 19.7 Å². The van der Waals surface area contributed by atoms with Crippen LogP contribution < -0.4 is 10.1 Å². The lowest BCUT2D eigenvalue weighted by Crippen LogP contribution is -2.48. The average Bonchev–Trinajstić information content (AvgIpc) is 3.31. The molecule has 1 aromatic heterocycles. The zero-order chi connectivity index (χ0) is 22.1. The van der Waals surface area contributed by atoms with Crippen molar-refractivity contribution in [2.75, 3.05) is 45.8 Å². The number of rotatable bonds is 9. The number of anilines is 1. The fraction of sp³-hybridized carbons (Fsp3) is 0.391. The number of amides is 1. The lowest BCUT2D eigenvalue weighted by atomic mass is 10.0. The highest BCUT2D eigenvalue weighted by atomic mass is 32.1. The molecule has 1 aliphatic heterocycles. The predicted molar refractivity (Wildman–Crippen MR) is 125 cm³/mol. The first-order valence-electron chi connectivity index (χ1n) is 10.4. The van der Waals surface area contributed by atoms with E-state index in [0.29, 0.717) is 18.1 Å². The van der Waals surface area contributed by atoms with Crippen molar-refractivity contribution in [1.29, 1.82) is 5.41 Å². The summed E-state index contributed by atoms with van der Waals surface area (Å²) < 4.78 is 10.6. The number of nitrogens with one attached hydrogen (secondary N) is 2. The molecule has 0 unspecified atom stereocenters. The number of likely N-dealkylation sites (tertiary alicyclic amines) is 1. The number of carbonyl (C=O) groups excluding carboxylic acids is 1. The number of hydrogen-bond acceptors (Lipinski definition) is 7. The highest BCUT2D eigenvalue weighted by Gasteiger charge is 2.30. The second-order valence-electron chi connectivity index (χ2n) is 7.42. The van der Waals surface area contributed by atoms with Gasteiger partial charge in [-0.1, -0.05) is 12.1 Å². The molecule has 1 fully saturated rings. The summed E-state index contributed by atoms with van der Waals surface area (Å²) in [4.78, 5) is 17.7. The third-order valence-corrected chi connectivity index (χ3v) is 6.00. The Morgan fingerprint density at radius 1 is 1.29 bits per heavy atom. The molecule has 3 rings (SSSR count). The molecule has 2 aromatic rings. The molecule has 31 heavy (non-hydrogen) atoms. The van der Waals surface area contributed by atoms with Gasteiger partial charge in [0.25, 0.3) is 5.91 Å². The van der Waals surface area contributed by atoms with Crippen LogP contribution in [0.25, 0.3) is 0 Å². The van der Waals surface area contributed by atoms with Crippen molar-refractivity contribution in [2.45, 2.75) is 18.9 Å². The van der Waals surface area contributed by atoms with E-state index in [2.05, 4.69) is 17.3 Å². The van der Waals surface area contributed by atoms with Crippen molar-refractivity contribution in [2.24, 2.45) is 0 Å². The van der Waals surface area contributed by atoms with Crippen LogP contribution in [0.5, 0.6) is 5.75 Å². The van der Waals surface area contributed by atoms with E-state index in [1.807, 2.05) is 41.8 Å². The number of benzene rings is 1. The highest BCUT2D eigenvalue weighted by Crippen LogP contribution is 2.22. The first-order chi connectivity index (χ1) is 15.1. The topological polar surface area (TPSA) is 77.9 Å². The second kappa shape index (κ2) is 11.6. The number of ether oxygens (including phenoxy) is 2. The zero-order valence-electron chi connectivity index (χ0n) is 18.0. The standard InChI is InChI=1S/C23H30N4O3S/c1-26-12-9-19(10-13-26)27(23(28)21-7-4-16-31-21)22(24)8-11-25-18-5-3-6-20(17-18)30-15-14-29-2/h3-8,11,16-17,19,24-25H,9-10,12-15H2,1-2H3/b11-8-,24-22?. The van der Waals surface area contributed by atoms with Crippen LogP contribution in [-0.4, -0.2) is 68.0 Å². The van der Waals surface area contributed by atoms with Gasteiger partial charge in [0.05, 0.1) is 11.5 Å². The first-order valence-corrected chi connectivity index (χ1v) is 11.3. The van der Waals surface area contributed by atoms with Crippen molar-refractivity contribution in [3.63, 3.8) is 0 Å². The SMILES string of the molecule is COCCOc1cccc(N/C=C\C(=N)N(C(=O)c2cccs2)C2CCN(C)CC2)c1. The van der Waals surface area contributed by atoms with E-state index in [4.69, 9.17) is 14.9 Å². The Morgan fingerprint density at radius 2 is 2.10 bits per heavy atom. The lowest BCUT2D eigenvalue weighted by Gasteiger charge is -2.36. The van der Waals surface area contributed by atoms with Crippen molar-refractivity contribution in [1.82, 2.24) is 9.80 Å². The first kappa shape index (κ1) is 23.0. The largest absolute Gasteiger partial charge is 0.491 e. The number of nitrogens with zero attached hydrogens (tertiary/aromatic N) is 2. The summed E-state index contributed by atoms with van der Waals surface area (Å²) in [5, 5.41) is 13.7. The van der Waals surface area contributed by atoms with Gasteiger partial charge >= 0.3 is 0 Å². The van der Waals surface area contributed by atoms with Crippen LogP contribution in [0.15, 0.2) is 54.1 Å². The smallest absolute Gasteiger partial charge is 0.269 e. The molecule has 2 N–H and O–H groups in total. The summed E-state index contributed by atoms with van der Waals surface area (Å²) >= 11 is 1.41. The van der Waals surface area contributed by atoms with E-state index in [0.717, 1.165) is 37.4 Å². The van der Waals surface area contributed by atoms with Crippen molar-refractivity contribution in [3.8, 4) is 5.75 Å². The number of thiophene rings is 1. The number of methoxy groups -OCH3 is 1. The van der Waals surface area contributed by atoms with Gasteiger partial charge in [-0.3, -0.25) is 15.1 Å². The number of carbonyl (C=O) groups is 1. The molecule has 166 valence electrons. The zero-order valence-corrected chi connectivity index (χ0v) is 18.9. The van der Waals surface area contributed by atoms with Crippen molar-refractivity contribution < 1.29 is 14.3 Å². The Labute approximate surface area is 187 Å². The minimum Gasteiger partial charge on any atom is -0.491 e.